The van der Waals surface area contributed by atoms with Gasteiger partial charge in [0.1, 0.15) is 11.8 Å². The van der Waals surface area contributed by atoms with Crippen molar-refractivity contribution in [3.05, 3.63) is 102 Å². The van der Waals surface area contributed by atoms with E-state index < -0.39 is 24.0 Å². The Kier molecular flexibility index (Phi) is 13.0. The van der Waals surface area contributed by atoms with Gasteiger partial charge in [-0.3, -0.25) is 14.4 Å². The Balaban J connectivity index is 1.44. The maximum atomic E-state index is 13.3. The van der Waals surface area contributed by atoms with Crippen LogP contribution < -0.4 is 15.4 Å². The minimum Gasteiger partial charge on any atom is -0.494 e. The highest BCUT2D eigenvalue weighted by atomic mass is 16.5. The summed E-state index contributed by atoms with van der Waals surface area (Å²) in [5, 5.41) is 14.7. The number of carboxylic acid groups (broad SMARTS) is 1. The van der Waals surface area contributed by atoms with Crippen molar-refractivity contribution in [3.63, 3.8) is 0 Å². The van der Waals surface area contributed by atoms with E-state index in [1.54, 1.807) is 24.5 Å². The van der Waals surface area contributed by atoms with Crippen LogP contribution in [0.1, 0.15) is 101 Å². The predicted octanol–water partition coefficient (Wildman–Crippen LogP) is 7.91. The summed E-state index contributed by atoms with van der Waals surface area (Å²) in [6.07, 6.45) is 9.41. The van der Waals surface area contributed by atoms with Crippen molar-refractivity contribution in [3.8, 4) is 28.3 Å². The number of hydrogen-bond acceptors (Lipinski definition) is 6. The van der Waals surface area contributed by atoms with E-state index in [0.717, 1.165) is 41.0 Å². The van der Waals surface area contributed by atoms with E-state index >= 15 is 0 Å². The van der Waals surface area contributed by atoms with Gasteiger partial charge in [-0.1, -0.05) is 102 Å². The van der Waals surface area contributed by atoms with Crippen LogP contribution in [-0.4, -0.2) is 45.5 Å². The van der Waals surface area contributed by atoms with E-state index in [0.29, 0.717) is 17.0 Å². The molecule has 1 heterocycles. The number of benzene rings is 3. The van der Waals surface area contributed by atoms with Crippen molar-refractivity contribution < 1.29 is 24.2 Å². The van der Waals surface area contributed by atoms with Gasteiger partial charge in [0, 0.05) is 29.1 Å². The molecule has 258 valence electrons. The molecule has 4 rings (SSSR count). The van der Waals surface area contributed by atoms with Crippen molar-refractivity contribution in [2.75, 3.05) is 6.61 Å². The van der Waals surface area contributed by atoms with Gasteiger partial charge in [-0.2, -0.15) is 0 Å². The standard InChI is InChI=1S/C40H48N4O5/c1-6-7-8-9-10-23-49-34-21-17-28(18-22-34)32-25-41-37(42-26-32)30-13-11-29(12-14-30)35(24-36(45)43-27(2)39(47)48)44-38(46)31-15-19-33(20-16-31)40(3,4)5/h11-22,25-27,35H,6-10,23-24H2,1-5H3,(H,43,45)(H,44,46)(H,47,48)/t27-,35+/m1/s1. The Morgan fingerprint density at radius 2 is 1.39 bits per heavy atom. The molecule has 0 aliphatic heterocycles. The fraction of sp³-hybridized carbons (Fsp3) is 0.375. The van der Waals surface area contributed by atoms with E-state index in [1.807, 2.05) is 60.7 Å². The zero-order chi connectivity index (χ0) is 35.4. The smallest absolute Gasteiger partial charge is 0.325 e. The van der Waals surface area contributed by atoms with Crippen LogP contribution in [0, 0.1) is 0 Å². The Bertz CT molecular complexity index is 1660. The monoisotopic (exact) mass is 664 g/mol. The van der Waals surface area contributed by atoms with Crippen molar-refractivity contribution >= 4 is 17.8 Å². The van der Waals surface area contributed by atoms with Crippen LogP contribution >= 0.6 is 0 Å². The highest BCUT2D eigenvalue weighted by molar-refractivity contribution is 5.95. The average molecular weight is 665 g/mol. The third-order valence-corrected chi connectivity index (χ3v) is 8.38. The molecule has 0 bridgehead atoms. The maximum absolute atomic E-state index is 13.3. The minimum atomic E-state index is -1.14. The van der Waals surface area contributed by atoms with Crippen molar-refractivity contribution in [1.82, 2.24) is 20.6 Å². The SMILES string of the molecule is CCCCCCCOc1ccc(-c2cnc(-c3ccc([C@H](CC(=O)N[C@H](C)C(=O)O)NC(=O)c4ccc(C(C)(C)C)cc4)cc3)nc2)cc1. The molecule has 0 radical (unpaired) electrons. The van der Waals surface area contributed by atoms with Crippen molar-refractivity contribution in [2.45, 2.75) is 90.6 Å². The number of aromatic nitrogens is 2. The van der Waals surface area contributed by atoms with Gasteiger partial charge in [0.2, 0.25) is 5.91 Å². The first-order valence-corrected chi connectivity index (χ1v) is 17.0. The number of nitrogens with one attached hydrogen (secondary N) is 2. The summed E-state index contributed by atoms with van der Waals surface area (Å²) in [5.74, 6) is -0.592. The molecule has 0 unspecified atom stereocenters. The van der Waals surface area contributed by atoms with Gasteiger partial charge in [-0.05, 0) is 59.7 Å². The number of unbranched alkanes of at least 4 members (excludes halogenated alkanes) is 4. The van der Waals surface area contributed by atoms with E-state index in [1.165, 1.54) is 32.6 Å². The molecule has 9 nitrogen and oxygen atoms in total. The lowest BCUT2D eigenvalue weighted by atomic mass is 9.86. The number of aliphatic carboxylic acids is 1. The fourth-order valence-corrected chi connectivity index (χ4v) is 5.29. The van der Waals surface area contributed by atoms with Gasteiger partial charge in [0.05, 0.1) is 19.1 Å². The largest absolute Gasteiger partial charge is 0.494 e. The first-order chi connectivity index (χ1) is 23.4. The van der Waals surface area contributed by atoms with Gasteiger partial charge in [0.15, 0.2) is 5.82 Å². The molecule has 0 spiro atoms. The van der Waals surface area contributed by atoms with Crippen LogP contribution in [0.3, 0.4) is 0 Å². The first-order valence-electron chi connectivity index (χ1n) is 17.0. The van der Waals surface area contributed by atoms with Gasteiger partial charge in [-0.15, -0.1) is 0 Å². The lowest BCUT2D eigenvalue weighted by molar-refractivity contribution is -0.141. The minimum absolute atomic E-state index is 0.0596. The van der Waals surface area contributed by atoms with Crippen LogP contribution in [0.5, 0.6) is 5.75 Å². The Morgan fingerprint density at radius 1 is 0.776 bits per heavy atom. The number of hydrogen-bond donors (Lipinski definition) is 3. The summed E-state index contributed by atoms with van der Waals surface area (Å²) < 4.78 is 5.89. The molecule has 3 N–H and O–H groups in total. The molecule has 1 aromatic heterocycles. The van der Waals surface area contributed by atoms with E-state index in [4.69, 9.17) is 4.74 Å². The quantitative estimate of drug-likeness (QED) is 0.104. The molecule has 0 fully saturated rings. The van der Waals surface area contributed by atoms with Crippen LogP contribution in [0.2, 0.25) is 0 Å². The van der Waals surface area contributed by atoms with E-state index in [2.05, 4.69) is 48.3 Å². The summed E-state index contributed by atoms with van der Waals surface area (Å²) in [4.78, 5) is 46.6. The van der Waals surface area contributed by atoms with Crippen LogP contribution in [-0.2, 0) is 15.0 Å². The number of rotatable bonds is 16. The summed E-state index contributed by atoms with van der Waals surface area (Å²) in [6.45, 7) is 10.6. The number of amides is 2. The average Bonchev–Trinajstić information content (AvgIpc) is 3.09. The zero-order valence-corrected chi connectivity index (χ0v) is 29.2. The second-order valence-electron chi connectivity index (χ2n) is 13.4. The van der Waals surface area contributed by atoms with Crippen LogP contribution in [0.15, 0.2) is 85.2 Å². The molecule has 2 amide bonds. The second kappa shape index (κ2) is 17.4. The number of carboxylic acids is 1. The van der Waals surface area contributed by atoms with Gasteiger partial charge in [0.25, 0.3) is 5.91 Å². The third kappa shape index (κ3) is 11.0. The Labute approximate surface area is 289 Å². The third-order valence-electron chi connectivity index (χ3n) is 8.38. The van der Waals surface area contributed by atoms with Crippen LogP contribution in [0.4, 0.5) is 0 Å². The molecular weight excluding hydrogens is 616 g/mol. The van der Waals surface area contributed by atoms with Gasteiger partial charge in [-0.25, -0.2) is 9.97 Å². The highest BCUT2D eigenvalue weighted by Crippen LogP contribution is 2.26. The van der Waals surface area contributed by atoms with Gasteiger partial charge >= 0.3 is 5.97 Å². The molecule has 0 saturated heterocycles. The van der Waals surface area contributed by atoms with Crippen molar-refractivity contribution in [1.29, 1.82) is 0 Å². The van der Waals surface area contributed by atoms with E-state index in [9.17, 15) is 19.5 Å². The highest BCUT2D eigenvalue weighted by Gasteiger charge is 2.23. The lowest BCUT2D eigenvalue weighted by Gasteiger charge is -2.21. The fourth-order valence-electron chi connectivity index (χ4n) is 5.29. The molecule has 0 aliphatic rings. The number of carbonyl (C=O) groups is 3. The van der Waals surface area contributed by atoms with Crippen molar-refractivity contribution in [2.24, 2.45) is 0 Å². The topological polar surface area (TPSA) is 131 Å². The Morgan fingerprint density at radius 3 is 1.98 bits per heavy atom. The molecule has 9 heteroatoms. The van der Waals surface area contributed by atoms with E-state index in [-0.39, 0.29) is 17.7 Å². The lowest BCUT2D eigenvalue weighted by Crippen LogP contribution is -2.40. The molecule has 3 aromatic carbocycles. The Hall–Kier alpha value is -5.05. The molecule has 0 saturated carbocycles. The first kappa shape index (κ1) is 36.8. The molecule has 2 atom stereocenters. The molecule has 0 aliphatic carbocycles. The zero-order valence-electron chi connectivity index (χ0n) is 29.2. The normalized spacial score (nSPS) is 12.5. The predicted molar refractivity (Wildman–Crippen MR) is 192 cm³/mol. The summed E-state index contributed by atoms with van der Waals surface area (Å²) in [6, 6.07) is 20.9. The molecule has 4 aromatic rings. The molecule has 49 heavy (non-hydrogen) atoms. The second-order valence-corrected chi connectivity index (χ2v) is 13.4. The summed E-state index contributed by atoms with van der Waals surface area (Å²) in [5.41, 5.74) is 4.81. The van der Waals surface area contributed by atoms with Gasteiger partial charge < -0.3 is 20.5 Å². The molecular formula is C40H48N4O5. The summed E-state index contributed by atoms with van der Waals surface area (Å²) >= 11 is 0. The number of ether oxygens (including phenoxy) is 1. The maximum Gasteiger partial charge on any atom is 0.325 e. The number of carbonyl (C=O) groups excluding carboxylic acids is 2. The number of nitrogens with zero attached hydrogens (tertiary/aromatic N) is 2. The van der Waals surface area contributed by atoms with Crippen LogP contribution in [0.25, 0.3) is 22.5 Å². The summed E-state index contributed by atoms with van der Waals surface area (Å²) in [7, 11) is 0.